The fourth-order valence-corrected chi connectivity index (χ4v) is 3.48. The largest absolute Gasteiger partial charge is 0.495 e. The van der Waals surface area contributed by atoms with Crippen molar-refractivity contribution in [2.75, 3.05) is 12.4 Å². The summed E-state index contributed by atoms with van der Waals surface area (Å²) in [4.78, 5) is 12.7. The molecule has 0 aliphatic heterocycles. The lowest BCUT2D eigenvalue weighted by Gasteiger charge is -2.13. The molecular weight excluding hydrogens is 469 g/mol. The molecule has 3 rings (SSSR count). The molecule has 0 spiro atoms. The van der Waals surface area contributed by atoms with E-state index in [0.717, 1.165) is 24.5 Å². The van der Waals surface area contributed by atoms with Gasteiger partial charge in [-0.05, 0) is 79.6 Å². The predicted octanol–water partition coefficient (Wildman–Crippen LogP) is 5.47. The van der Waals surface area contributed by atoms with Crippen LogP contribution in [0.25, 0.3) is 10.8 Å². The molecule has 0 aliphatic rings. The predicted molar refractivity (Wildman–Crippen MR) is 105 cm³/mol. The fourth-order valence-electron chi connectivity index (χ4n) is 2.38. The summed E-state index contributed by atoms with van der Waals surface area (Å²) < 4.78 is 7.35. The van der Waals surface area contributed by atoms with Crippen LogP contribution >= 0.6 is 38.5 Å². The first kappa shape index (κ1) is 16.3. The number of hydrogen-bond acceptors (Lipinski definition) is 2. The molecule has 0 aliphatic carbocycles. The molecule has 0 fully saturated rings. The first-order valence-corrected chi connectivity index (χ1v) is 8.79. The minimum atomic E-state index is -0.200. The van der Waals surface area contributed by atoms with Crippen molar-refractivity contribution in [3.8, 4) is 5.75 Å². The summed E-state index contributed by atoms with van der Waals surface area (Å²) in [7, 11) is 1.57. The van der Waals surface area contributed by atoms with E-state index < -0.39 is 0 Å². The van der Waals surface area contributed by atoms with E-state index in [4.69, 9.17) is 4.74 Å². The van der Waals surface area contributed by atoms with Crippen LogP contribution in [0.3, 0.4) is 0 Å². The lowest BCUT2D eigenvalue weighted by Crippen LogP contribution is -2.13. The summed E-state index contributed by atoms with van der Waals surface area (Å²) in [6, 6.07) is 17.4. The van der Waals surface area contributed by atoms with Crippen molar-refractivity contribution in [2.24, 2.45) is 0 Å². The number of hydrogen-bond donors (Lipinski definition) is 1. The third kappa shape index (κ3) is 3.35. The van der Waals surface area contributed by atoms with Crippen molar-refractivity contribution in [1.82, 2.24) is 0 Å². The van der Waals surface area contributed by atoms with E-state index >= 15 is 0 Å². The van der Waals surface area contributed by atoms with Gasteiger partial charge in [0.2, 0.25) is 0 Å². The van der Waals surface area contributed by atoms with Gasteiger partial charge in [0, 0.05) is 9.26 Å². The topological polar surface area (TPSA) is 38.3 Å². The van der Waals surface area contributed by atoms with Gasteiger partial charge in [-0.2, -0.15) is 0 Å². The van der Waals surface area contributed by atoms with Crippen molar-refractivity contribution in [3.63, 3.8) is 0 Å². The number of carbonyl (C=O) groups excluding carboxylic acids is 1. The van der Waals surface area contributed by atoms with Gasteiger partial charge < -0.3 is 10.1 Å². The van der Waals surface area contributed by atoms with Gasteiger partial charge in [0.25, 0.3) is 5.91 Å². The number of amides is 1. The Bertz CT molecular complexity index is 878. The lowest BCUT2D eigenvalue weighted by atomic mass is 10.1. The highest BCUT2D eigenvalue weighted by atomic mass is 127. The van der Waals surface area contributed by atoms with Gasteiger partial charge in [-0.25, -0.2) is 0 Å². The summed E-state index contributed by atoms with van der Waals surface area (Å²) in [6.07, 6.45) is 0. The zero-order valence-electron chi connectivity index (χ0n) is 12.3. The fraction of sp³-hybridized carbons (Fsp3) is 0.0556. The number of ether oxygens (including phenoxy) is 1. The van der Waals surface area contributed by atoms with Crippen molar-refractivity contribution < 1.29 is 9.53 Å². The lowest BCUT2D eigenvalue weighted by molar-refractivity contribution is 0.102. The Morgan fingerprint density at radius 2 is 1.83 bits per heavy atom. The maximum absolute atomic E-state index is 12.7. The van der Waals surface area contributed by atoms with Crippen molar-refractivity contribution in [3.05, 3.63) is 68.2 Å². The Balaban J connectivity index is 2.04. The van der Waals surface area contributed by atoms with Crippen molar-refractivity contribution in [2.45, 2.75) is 0 Å². The van der Waals surface area contributed by atoms with Crippen LogP contribution in [0.1, 0.15) is 10.4 Å². The van der Waals surface area contributed by atoms with E-state index in [-0.39, 0.29) is 5.91 Å². The Morgan fingerprint density at radius 3 is 2.52 bits per heavy atom. The Kier molecular flexibility index (Phi) is 4.87. The minimum absolute atomic E-state index is 0.200. The molecule has 116 valence electrons. The van der Waals surface area contributed by atoms with Crippen LogP contribution in [-0.2, 0) is 0 Å². The van der Waals surface area contributed by atoms with Gasteiger partial charge in [-0.15, -0.1) is 0 Å². The molecule has 0 saturated carbocycles. The summed E-state index contributed by atoms with van der Waals surface area (Å²) in [5.41, 5.74) is 1.25. The molecular formula is C18H13BrINO2. The maximum atomic E-state index is 12.7. The Hall–Kier alpha value is -1.60. The number of benzene rings is 3. The molecule has 0 heterocycles. The van der Waals surface area contributed by atoms with E-state index in [1.807, 2.05) is 54.6 Å². The highest BCUT2D eigenvalue weighted by Gasteiger charge is 2.18. The Labute approximate surface area is 156 Å². The van der Waals surface area contributed by atoms with Crippen LogP contribution in [0.4, 0.5) is 5.69 Å². The molecule has 3 aromatic carbocycles. The highest BCUT2D eigenvalue weighted by Crippen LogP contribution is 2.36. The van der Waals surface area contributed by atoms with Gasteiger partial charge in [0.05, 0.1) is 17.1 Å². The average molecular weight is 482 g/mol. The number of anilines is 1. The summed E-state index contributed by atoms with van der Waals surface area (Å²) >= 11 is 5.78. The van der Waals surface area contributed by atoms with Gasteiger partial charge in [-0.3, -0.25) is 4.79 Å². The average Bonchev–Trinajstić information content (AvgIpc) is 2.57. The molecule has 0 bridgehead atoms. The molecule has 1 amide bonds. The van der Waals surface area contributed by atoms with E-state index in [9.17, 15) is 4.79 Å². The first-order chi connectivity index (χ1) is 11.1. The molecule has 0 atom stereocenters. The SMILES string of the molecule is COc1c(C(=O)Nc2ccc(I)cc2)cc2ccccc2c1Br. The second-order valence-corrected chi connectivity index (χ2v) is 6.99. The molecule has 0 saturated heterocycles. The number of methoxy groups -OCH3 is 1. The molecule has 1 N–H and O–H groups in total. The number of fused-ring (bicyclic) bond motifs is 1. The Morgan fingerprint density at radius 1 is 1.13 bits per heavy atom. The summed E-state index contributed by atoms with van der Waals surface area (Å²) in [5, 5.41) is 4.90. The van der Waals surface area contributed by atoms with Crippen LogP contribution in [0.15, 0.2) is 59.1 Å². The first-order valence-electron chi connectivity index (χ1n) is 6.92. The van der Waals surface area contributed by atoms with E-state index in [1.165, 1.54) is 0 Å². The third-order valence-electron chi connectivity index (χ3n) is 3.49. The van der Waals surface area contributed by atoms with Crippen LogP contribution in [0.5, 0.6) is 5.75 Å². The minimum Gasteiger partial charge on any atom is -0.495 e. The molecule has 3 aromatic rings. The molecule has 0 aromatic heterocycles. The quantitative estimate of drug-likeness (QED) is 0.504. The summed E-state index contributed by atoms with van der Waals surface area (Å²) in [6.45, 7) is 0. The smallest absolute Gasteiger partial charge is 0.259 e. The van der Waals surface area contributed by atoms with Crippen LogP contribution in [0, 0.1) is 3.57 Å². The second-order valence-electron chi connectivity index (χ2n) is 4.95. The van der Waals surface area contributed by atoms with Gasteiger partial charge >= 0.3 is 0 Å². The molecule has 23 heavy (non-hydrogen) atoms. The van der Waals surface area contributed by atoms with Gasteiger partial charge in [-0.1, -0.05) is 24.3 Å². The van der Waals surface area contributed by atoms with Crippen LogP contribution < -0.4 is 10.1 Å². The molecule has 3 nitrogen and oxygen atoms in total. The van der Waals surface area contributed by atoms with E-state index in [1.54, 1.807) is 7.11 Å². The highest BCUT2D eigenvalue weighted by molar-refractivity contribution is 14.1. The zero-order chi connectivity index (χ0) is 16.4. The van der Waals surface area contributed by atoms with E-state index in [0.29, 0.717) is 11.3 Å². The van der Waals surface area contributed by atoms with Crippen molar-refractivity contribution >= 4 is 60.9 Å². The number of nitrogens with one attached hydrogen (secondary N) is 1. The number of carbonyl (C=O) groups is 1. The van der Waals surface area contributed by atoms with Crippen LogP contribution in [0.2, 0.25) is 0 Å². The van der Waals surface area contributed by atoms with E-state index in [2.05, 4.69) is 43.8 Å². The normalized spacial score (nSPS) is 10.6. The molecule has 5 heteroatoms. The number of rotatable bonds is 3. The molecule has 0 unspecified atom stereocenters. The molecule has 0 radical (unpaired) electrons. The maximum Gasteiger partial charge on any atom is 0.259 e. The standard InChI is InChI=1S/C18H13BrINO2/c1-23-17-15(10-11-4-2-3-5-14(11)16(17)19)18(22)21-13-8-6-12(20)7-9-13/h2-10H,1H3,(H,21,22). The monoisotopic (exact) mass is 481 g/mol. The van der Waals surface area contributed by atoms with Crippen molar-refractivity contribution in [1.29, 1.82) is 0 Å². The van der Waals surface area contributed by atoms with Crippen LogP contribution in [-0.4, -0.2) is 13.0 Å². The summed E-state index contributed by atoms with van der Waals surface area (Å²) in [5.74, 6) is 0.334. The van der Waals surface area contributed by atoms with Gasteiger partial charge in [0.15, 0.2) is 0 Å². The third-order valence-corrected chi connectivity index (χ3v) is 5.00. The second kappa shape index (κ2) is 6.88. The van der Waals surface area contributed by atoms with Gasteiger partial charge in [0.1, 0.15) is 5.75 Å². The number of halogens is 2. The zero-order valence-corrected chi connectivity index (χ0v) is 16.0.